The van der Waals surface area contributed by atoms with Gasteiger partial charge in [0.15, 0.2) is 0 Å². The number of rotatable bonds is 7. The monoisotopic (exact) mass is 1070 g/mol. The molecular formula is C74H74BN3S. The number of benzene rings is 8. The lowest BCUT2D eigenvalue weighted by atomic mass is 9.33. The lowest BCUT2D eigenvalue weighted by Crippen LogP contribution is -2.61. The van der Waals surface area contributed by atoms with E-state index in [1.807, 2.05) is 46.2 Å². The van der Waals surface area contributed by atoms with Crippen LogP contribution in [0.15, 0.2) is 169 Å². The molecule has 3 aliphatic heterocycles. The summed E-state index contributed by atoms with van der Waals surface area (Å²) in [5.74, 6) is 0. The van der Waals surface area contributed by atoms with Crippen molar-refractivity contribution < 1.29 is 34.3 Å². The van der Waals surface area contributed by atoms with E-state index in [0.29, 0.717) is 41.8 Å². The smallest absolute Gasteiger partial charge is 0.252 e. The van der Waals surface area contributed by atoms with Gasteiger partial charge in [-0.3, -0.25) is 0 Å². The highest BCUT2D eigenvalue weighted by Crippen LogP contribution is 2.62. The molecule has 8 aromatic carbocycles. The summed E-state index contributed by atoms with van der Waals surface area (Å²) in [7, 11) is 0. The van der Waals surface area contributed by atoms with Crippen LogP contribution in [0.25, 0.3) is 10.1 Å². The highest BCUT2D eigenvalue weighted by Gasteiger charge is 2.58. The van der Waals surface area contributed by atoms with Crippen LogP contribution in [0.3, 0.4) is 0 Å². The molecule has 4 heterocycles. The third kappa shape index (κ3) is 7.16. The van der Waals surface area contributed by atoms with E-state index in [-0.39, 0.29) is 44.9 Å². The molecule has 394 valence electrons. The second kappa shape index (κ2) is 16.9. The van der Waals surface area contributed by atoms with E-state index in [1.165, 1.54) is 13.8 Å². The number of thiophene rings is 1. The first-order valence-corrected chi connectivity index (χ1v) is 28.4. The Bertz CT molecular complexity index is 5310. The summed E-state index contributed by atoms with van der Waals surface area (Å²) in [6.45, 7) is 6.12. The van der Waals surface area contributed by atoms with Crippen molar-refractivity contribution in [3.63, 3.8) is 0 Å². The van der Waals surface area contributed by atoms with E-state index >= 15 is 0 Å². The number of hydrogen-bond acceptors (Lipinski definition) is 4. The molecule has 1 saturated carbocycles. The SMILES string of the molecule is [2H]c1c([2H])c([2H])c(C(C)(C)c2c([2H])c([2H])c3c(c2[2H])N(c2c([2H])c([2H])c([2H])c(C(c4c([2H])c([2H])c([2H])c([2H])c4[2H])(C([2H])([2H])[2H])C([2H])([2H])[2H])c2[2H])c2c([2H])c(N4c5ccccc5C5(C)CCCCC45C)c([2H])c4c2B3c2cc3sc5c(c3cc2N4c2ccc3c(c2)CC(C)(C)C3)CC(C)(C)C5)c([2H])c1[2H]. The van der Waals surface area contributed by atoms with E-state index in [4.69, 9.17) is 8.22 Å². The zero-order chi connectivity index (χ0) is 75.7. The fourth-order valence-corrected chi connectivity index (χ4v) is 16.1. The van der Waals surface area contributed by atoms with E-state index in [9.17, 15) is 26.0 Å². The van der Waals surface area contributed by atoms with Crippen LogP contribution in [0.1, 0.15) is 178 Å². The van der Waals surface area contributed by atoms with Crippen molar-refractivity contribution in [3.8, 4) is 0 Å². The Kier molecular flexibility index (Phi) is 6.32. The largest absolute Gasteiger partial charge is 0.334 e. The Morgan fingerprint density at radius 1 is 0.544 bits per heavy atom. The molecular weight excluding hydrogens is 974 g/mol. The van der Waals surface area contributed by atoms with Gasteiger partial charge in [0.25, 0.3) is 6.71 Å². The van der Waals surface area contributed by atoms with Gasteiger partial charge in [-0.2, -0.15) is 0 Å². The van der Waals surface area contributed by atoms with E-state index in [1.54, 1.807) is 11.3 Å². The van der Waals surface area contributed by atoms with Gasteiger partial charge >= 0.3 is 0 Å². The van der Waals surface area contributed by atoms with Crippen LogP contribution in [-0.4, -0.2) is 12.3 Å². The molecule has 6 aliphatic rings. The van der Waals surface area contributed by atoms with Crippen molar-refractivity contribution in [2.45, 2.75) is 142 Å². The zero-order valence-corrected chi connectivity index (χ0v) is 46.5. The molecule has 1 aromatic heterocycles. The minimum Gasteiger partial charge on any atom is -0.334 e. The second-order valence-electron chi connectivity index (χ2n) is 25.5. The van der Waals surface area contributed by atoms with Crippen molar-refractivity contribution in [2.75, 3.05) is 14.7 Å². The predicted molar refractivity (Wildman–Crippen MR) is 338 cm³/mol. The minimum absolute atomic E-state index is 0.0316. The molecule has 9 aromatic rings. The van der Waals surface area contributed by atoms with Gasteiger partial charge in [-0.1, -0.05) is 184 Å². The van der Waals surface area contributed by atoms with E-state index in [2.05, 4.69) is 59.7 Å². The maximum atomic E-state index is 11.6. The Morgan fingerprint density at radius 2 is 1.22 bits per heavy atom. The number of para-hydroxylation sites is 1. The number of hydrogen-bond donors (Lipinski definition) is 0. The normalized spacial score (nSPS) is 25.9. The Hall–Kier alpha value is -6.82. The summed E-state index contributed by atoms with van der Waals surface area (Å²) in [6, 6.07) is 0.266. The average molecular weight is 1070 g/mol. The molecule has 0 N–H and O–H groups in total. The van der Waals surface area contributed by atoms with Crippen LogP contribution in [0.2, 0.25) is 0 Å². The maximum Gasteiger partial charge on any atom is 0.252 e. The summed E-state index contributed by atoms with van der Waals surface area (Å²) in [6.07, 6.45) is 5.64. The summed E-state index contributed by atoms with van der Waals surface area (Å²) in [5.41, 5.74) is -7.29. The van der Waals surface area contributed by atoms with Crippen LogP contribution in [-0.2, 0) is 41.9 Å². The molecule has 1 fully saturated rings. The summed E-state index contributed by atoms with van der Waals surface area (Å²) >= 11 is 1.58. The fraction of sp³-hybridized carbons (Fsp3) is 0.324. The van der Waals surface area contributed by atoms with Gasteiger partial charge in [0.2, 0.25) is 0 Å². The Labute approximate surface area is 509 Å². The van der Waals surface area contributed by atoms with E-state index in [0.717, 1.165) is 74.2 Å². The average Bonchev–Trinajstić information content (AvgIpc) is 1.33. The van der Waals surface area contributed by atoms with Gasteiger partial charge < -0.3 is 14.7 Å². The number of nitrogens with zero attached hydrogens (tertiary/aromatic N) is 3. The molecule has 0 amide bonds. The molecule has 3 aliphatic carbocycles. The van der Waals surface area contributed by atoms with Crippen LogP contribution in [0, 0.1) is 10.8 Å². The zero-order valence-electron chi connectivity index (χ0n) is 70.7. The van der Waals surface area contributed by atoms with Crippen LogP contribution < -0.4 is 31.1 Å². The van der Waals surface area contributed by atoms with Gasteiger partial charge in [0.05, 0.1) is 31.6 Å². The molecule has 15 rings (SSSR count). The topological polar surface area (TPSA) is 9.72 Å². The van der Waals surface area contributed by atoms with Crippen LogP contribution in [0.5, 0.6) is 0 Å². The molecule has 0 spiro atoms. The van der Waals surface area contributed by atoms with Gasteiger partial charge in [0.1, 0.15) is 0 Å². The quantitative estimate of drug-likeness (QED) is 0.147. The number of anilines is 8. The minimum atomic E-state index is -4.16. The first-order valence-electron chi connectivity index (χ1n) is 40.0. The maximum absolute atomic E-state index is 11.6. The van der Waals surface area contributed by atoms with Gasteiger partial charge in [-0.15, -0.1) is 11.3 Å². The standard InChI is InChI=1S/C74H74BN3S/c1-69(2)43-47-30-32-54(36-48(47)44-69)77-63-41-56-57-45-70(3,4)46-67(57)79-66(56)42-60(63)75-59-33-31-52(72(7,8)50-24-15-12-16-25-50)38-62(59)76(53-27-21-26-51(37-53)71(5,6)49-22-13-11-14-23-49)64-39-55(40-65(77)68(64)75)78-61-29-18-17-28-58(61)73(9)34-19-20-35-74(73,78)10/h11-18,21-33,36-42H,19-20,34-35,43-46H2,1-10H3/i5D3,6D3,11D,12D,13D,14D,15D,16D,21D,22D,23D,24D,25D,26D,27D,31D,33D,37D,38D,39D,40D. The van der Waals surface area contributed by atoms with Crippen molar-refractivity contribution in [1.82, 2.24) is 0 Å². The molecule has 3 nitrogen and oxygen atoms in total. The summed E-state index contributed by atoms with van der Waals surface area (Å²) < 4.78 is 245. The Morgan fingerprint density at radius 3 is 1.97 bits per heavy atom. The van der Waals surface area contributed by atoms with E-state index < -0.39 is 185 Å². The Balaban J connectivity index is 1.20. The first-order chi connectivity index (χ1) is 48.3. The van der Waals surface area contributed by atoms with Crippen LogP contribution >= 0.6 is 11.3 Å². The fourth-order valence-electron chi connectivity index (χ4n) is 14.6. The highest BCUT2D eigenvalue weighted by molar-refractivity contribution is 7.19. The van der Waals surface area contributed by atoms with Crippen molar-refractivity contribution in [3.05, 3.63) is 219 Å². The second-order valence-corrected chi connectivity index (χ2v) is 26.6. The molecule has 79 heavy (non-hydrogen) atoms. The summed E-state index contributed by atoms with van der Waals surface area (Å²) in [4.78, 5) is 6.14. The van der Waals surface area contributed by atoms with Crippen LogP contribution in [0.4, 0.5) is 45.5 Å². The predicted octanol–water partition coefficient (Wildman–Crippen LogP) is 17.6. The van der Waals surface area contributed by atoms with Crippen molar-refractivity contribution in [2.24, 2.45) is 10.8 Å². The molecule has 2 atom stereocenters. The van der Waals surface area contributed by atoms with Gasteiger partial charge in [-0.25, -0.2) is 0 Å². The first kappa shape index (κ1) is 29.6. The third-order valence-corrected chi connectivity index (χ3v) is 20.0. The molecule has 0 bridgehead atoms. The van der Waals surface area contributed by atoms with Gasteiger partial charge in [0, 0.05) is 79.5 Å². The molecule has 0 saturated heterocycles. The highest BCUT2D eigenvalue weighted by atomic mass is 32.1. The molecule has 5 heteroatoms. The third-order valence-electron chi connectivity index (χ3n) is 18.8. The molecule has 0 radical (unpaired) electrons. The summed E-state index contributed by atoms with van der Waals surface area (Å²) in [5, 5.41) is 0.921. The lowest BCUT2D eigenvalue weighted by Gasteiger charge is -2.51. The van der Waals surface area contributed by atoms with Crippen molar-refractivity contribution in [1.29, 1.82) is 0 Å². The molecule has 2 unspecified atom stereocenters. The van der Waals surface area contributed by atoms with Crippen molar-refractivity contribution >= 4 is 90.0 Å². The number of fused-ring (bicyclic) bond motifs is 11. The van der Waals surface area contributed by atoms with Gasteiger partial charge in [-0.05, 0) is 183 Å². The lowest BCUT2D eigenvalue weighted by molar-refractivity contribution is 0.195.